The first-order valence-electron chi connectivity index (χ1n) is 7.26. The number of benzene rings is 1. The first-order valence-corrected chi connectivity index (χ1v) is 7.26. The number of imidazole rings is 1. The molecule has 0 atom stereocenters. The van der Waals surface area contributed by atoms with Crippen molar-refractivity contribution in [1.82, 2.24) is 20.2 Å². The zero-order valence-corrected chi connectivity index (χ0v) is 11.6. The SMILES string of the molecule is CCc1ccc2nc(CN3CCCNCC3)[nH]c2c1. The highest BCUT2D eigenvalue weighted by molar-refractivity contribution is 5.75. The van der Waals surface area contributed by atoms with E-state index >= 15 is 0 Å². The van der Waals surface area contributed by atoms with Gasteiger partial charge in [-0.25, -0.2) is 4.98 Å². The molecule has 0 radical (unpaired) electrons. The molecule has 2 N–H and O–H groups in total. The molecule has 0 unspecified atom stereocenters. The van der Waals surface area contributed by atoms with Gasteiger partial charge in [-0.05, 0) is 43.6 Å². The molecule has 1 aliphatic heterocycles. The van der Waals surface area contributed by atoms with Gasteiger partial charge in [0.25, 0.3) is 0 Å². The van der Waals surface area contributed by atoms with Crippen LogP contribution in [0.15, 0.2) is 18.2 Å². The molecule has 4 nitrogen and oxygen atoms in total. The molecule has 102 valence electrons. The van der Waals surface area contributed by atoms with Crippen LogP contribution in [0, 0.1) is 0 Å². The van der Waals surface area contributed by atoms with Gasteiger partial charge in [-0.15, -0.1) is 0 Å². The minimum atomic E-state index is 0.928. The number of H-pyrrole nitrogens is 1. The van der Waals surface area contributed by atoms with Crippen molar-refractivity contribution < 1.29 is 0 Å². The van der Waals surface area contributed by atoms with Crippen LogP contribution >= 0.6 is 0 Å². The van der Waals surface area contributed by atoms with E-state index in [4.69, 9.17) is 4.98 Å². The van der Waals surface area contributed by atoms with Gasteiger partial charge in [-0.1, -0.05) is 13.0 Å². The second-order valence-electron chi connectivity index (χ2n) is 5.27. The number of nitrogens with one attached hydrogen (secondary N) is 2. The quantitative estimate of drug-likeness (QED) is 0.884. The first kappa shape index (κ1) is 12.6. The third kappa shape index (κ3) is 2.96. The number of hydrogen-bond donors (Lipinski definition) is 2. The zero-order valence-electron chi connectivity index (χ0n) is 11.6. The van der Waals surface area contributed by atoms with Crippen molar-refractivity contribution in [1.29, 1.82) is 0 Å². The predicted molar refractivity (Wildman–Crippen MR) is 78.2 cm³/mol. The summed E-state index contributed by atoms with van der Waals surface area (Å²) in [4.78, 5) is 10.6. The Morgan fingerprint density at radius 2 is 2.21 bits per heavy atom. The van der Waals surface area contributed by atoms with Crippen molar-refractivity contribution in [3.63, 3.8) is 0 Å². The standard InChI is InChI=1S/C15H22N4/c1-2-12-4-5-13-14(10-12)18-15(17-13)11-19-8-3-6-16-7-9-19/h4-5,10,16H,2-3,6-9,11H2,1H3,(H,17,18). The molecule has 0 amide bonds. The number of aromatic amines is 1. The monoisotopic (exact) mass is 258 g/mol. The Morgan fingerprint density at radius 3 is 3.11 bits per heavy atom. The number of aromatic nitrogens is 2. The molecule has 1 aliphatic rings. The Kier molecular flexibility index (Phi) is 3.80. The number of hydrogen-bond acceptors (Lipinski definition) is 3. The summed E-state index contributed by atoms with van der Waals surface area (Å²) in [5, 5.41) is 3.43. The van der Waals surface area contributed by atoms with Crippen molar-refractivity contribution in [2.24, 2.45) is 0 Å². The van der Waals surface area contributed by atoms with E-state index in [1.807, 2.05) is 0 Å². The molecule has 2 aromatic rings. The van der Waals surface area contributed by atoms with Crippen LogP contribution in [-0.2, 0) is 13.0 Å². The summed E-state index contributed by atoms with van der Waals surface area (Å²) in [7, 11) is 0. The molecule has 0 saturated carbocycles. The lowest BCUT2D eigenvalue weighted by Crippen LogP contribution is -2.28. The molecule has 0 aliphatic carbocycles. The smallest absolute Gasteiger partial charge is 0.121 e. The normalized spacial score (nSPS) is 17.7. The topological polar surface area (TPSA) is 44.0 Å². The van der Waals surface area contributed by atoms with Crippen molar-refractivity contribution in [3.05, 3.63) is 29.6 Å². The third-order valence-corrected chi connectivity index (χ3v) is 3.81. The van der Waals surface area contributed by atoms with Crippen molar-refractivity contribution in [2.75, 3.05) is 26.2 Å². The van der Waals surface area contributed by atoms with Crippen LogP contribution in [0.25, 0.3) is 11.0 Å². The van der Waals surface area contributed by atoms with Crippen LogP contribution in [0.2, 0.25) is 0 Å². The van der Waals surface area contributed by atoms with Crippen LogP contribution in [0.3, 0.4) is 0 Å². The summed E-state index contributed by atoms with van der Waals surface area (Å²) >= 11 is 0. The molecule has 1 aromatic heterocycles. The average molecular weight is 258 g/mol. The van der Waals surface area contributed by atoms with Gasteiger partial charge in [-0.2, -0.15) is 0 Å². The lowest BCUT2D eigenvalue weighted by Gasteiger charge is -2.17. The van der Waals surface area contributed by atoms with Gasteiger partial charge < -0.3 is 10.3 Å². The fourth-order valence-electron chi connectivity index (χ4n) is 2.68. The number of rotatable bonds is 3. The van der Waals surface area contributed by atoms with Crippen LogP contribution < -0.4 is 5.32 Å². The zero-order chi connectivity index (χ0) is 13.1. The summed E-state index contributed by atoms with van der Waals surface area (Å²) in [6.07, 6.45) is 2.29. The van der Waals surface area contributed by atoms with Gasteiger partial charge in [0, 0.05) is 13.1 Å². The van der Waals surface area contributed by atoms with E-state index in [0.717, 1.165) is 50.5 Å². The van der Waals surface area contributed by atoms with Crippen molar-refractivity contribution in [2.45, 2.75) is 26.3 Å². The molecular formula is C15H22N4. The fourth-order valence-corrected chi connectivity index (χ4v) is 2.68. The van der Waals surface area contributed by atoms with E-state index in [9.17, 15) is 0 Å². The number of aryl methyl sites for hydroxylation is 1. The van der Waals surface area contributed by atoms with E-state index < -0.39 is 0 Å². The fraction of sp³-hybridized carbons (Fsp3) is 0.533. The van der Waals surface area contributed by atoms with Crippen LogP contribution in [0.1, 0.15) is 24.7 Å². The molecule has 1 fully saturated rings. The predicted octanol–water partition coefficient (Wildman–Crippen LogP) is 1.92. The maximum Gasteiger partial charge on any atom is 0.121 e. The molecule has 3 rings (SSSR count). The lowest BCUT2D eigenvalue weighted by atomic mass is 10.1. The minimum Gasteiger partial charge on any atom is -0.341 e. The number of nitrogens with zero attached hydrogens (tertiary/aromatic N) is 2. The summed E-state index contributed by atoms with van der Waals surface area (Å²) in [5.41, 5.74) is 3.61. The summed E-state index contributed by atoms with van der Waals surface area (Å²) < 4.78 is 0. The Labute approximate surface area is 114 Å². The maximum absolute atomic E-state index is 4.70. The maximum atomic E-state index is 4.70. The van der Waals surface area contributed by atoms with Gasteiger partial charge in [0.2, 0.25) is 0 Å². The van der Waals surface area contributed by atoms with Gasteiger partial charge in [0.05, 0.1) is 17.6 Å². The second-order valence-corrected chi connectivity index (χ2v) is 5.27. The highest BCUT2D eigenvalue weighted by atomic mass is 15.2. The summed E-state index contributed by atoms with van der Waals surface area (Å²) in [5.74, 6) is 1.09. The van der Waals surface area contributed by atoms with Crippen LogP contribution in [-0.4, -0.2) is 41.0 Å². The molecule has 0 spiro atoms. The molecular weight excluding hydrogens is 236 g/mol. The van der Waals surface area contributed by atoms with E-state index in [0.29, 0.717) is 0 Å². The van der Waals surface area contributed by atoms with E-state index in [1.54, 1.807) is 0 Å². The second kappa shape index (κ2) is 5.72. The third-order valence-electron chi connectivity index (χ3n) is 3.81. The van der Waals surface area contributed by atoms with E-state index in [1.165, 1.54) is 17.5 Å². The highest BCUT2D eigenvalue weighted by Crippen LogP contribution is 2.15. The first-order chi connectivity index (χ1) is 9.35. The van der Waals surface area contributed by atoms with Crippen molar-refractivity contribution in [3.8, 4) is 0 Å². The van der Waals surface area contributed by atoms with Gasteiger partial charge in [0.15, 0.2) is 0 Å². The van der Waals surface area contributed by atoms with Crippen LogP contribution in [0.4, 0.5) is 0 Å². The molecule has 19 heavy (non-hydrogen) atoms. The molecule has 1 aromatic carbocycles. The van der Waals surface area contributed by atoms with Gasteiger partial charge in [0.1, 0.15) is 5.82 Å². The highest BCUT2D eigenvalue weighted by Gasteiger charge is 2.11. The molecule has 2 heterocycles. The van der Waals surface area contributed by atoms with Crippen LogP contribution in [0.5, 0.6) is 0 Å². The Hall–Kier alpha value is -1.39. The Morgan fingerprint density at radius 1 is 1.26 bits per heavy atom. The lowest BCUT2D eigenvalue weighted by molar-refractivity contribution is 0.278. The Bertz CT molecular complexity index is 538. The minimum absolute atomic E-state index is 0.928. The molecule has 1 saturated heterocycles. The molecule has 0 bridgehead atoms. The number of fused-ring (bicyclic) bond motifs is 1. The van der Waals surface area contributed by atoms with Gasteiger partial charge in [-0.3, -0.25) is 4.90 Å². The van der Waals surface area contributed by atoms with Crippen molar-refractivity contribution >= 4 is 11.0 Å². The van der Waals surface area contributed by atoms with Gasteiger partial charge >= 0.3 is 0 Å². The summed E-state index contributed by atoms with van der Waals surface area (Å²) in [6, 6.07) is 6.51. The Balaban J connectivity index is 1.76. The van der Waals surface area contributed by atoms with E-state index in [-0.39, 0.29) is 0 Å². The average Bonchev–Trinajstić information content (AvgIpc) is 2.64. The van der Waals surface area contributed by atoms with E-state index in [2.05, 4.69) is 40.3 Å². The molecule has 4 heteroatoms. The summed E-state index contributed by atoms with van der Waals surface area (Å²) in [6.45, 7) is 7.60. The largest absolute Gasteiger partial charge is 0.341 e.